The van der Waals surface area contributed by atoms with Gasteiger partial charge in [-0.05, 0) is 49.4 Å². The summed E-state index contributed by atoms with van der Waals surface area (Å²) in [5.41, 5.74) is 2.79. The van der Waals surface area contributed by atoms with Crippen molar-refractivity contribution in [1.29, 1.82) is 0 Å². The molecular weight excluding hydrogens is 343 g/mol. The number of benzene rings is 3. The van der Waals surface area contributed by atoms with E-state index in [-0.39, 0.29) is 5.82 Å². The summed E-state index contributed by atoms with van der Waals surface area (Å²) in [5.74, 6) is -0.0186. The molecule has 4 rings (SSSR count). The molecule has 134 valence electrons. The molecular formula is C22H17FN2O2. The van der Waals surface area contributed by atoms with Crippen molar-refractivity contribution in [3.8, 4) is 0 Å². The lowest BCUT2D eigenvalue weighted by molar-refractivity contribution is 0.539. The molecule has 0 spiro atoms. The third kappa shape index (κ3) is 3.53. The van der Waals surface area contributed by atoms with E-state index in [1.54, 1.807) is 24.3 Å². The Hall–Kier alpha value is -3.60. The first kappa shape index (κ1) is 16.8. The third-order valence-electron chi connectivity index (χ3n) is 4.26. The van der Waals surface area contributed by atoms with Crippen molar-refractivity contribution >= 4 is 33.7 Å². The maximum atomic E-state index is 13.2. The second-order valence-electron chi connectivity index (χ2n) is 6.26. The molecule has 0 radical (unpaired) electrons. The van der Waals surface area contributed by atoms with E-state index < -0.39 is 5.63 Å². The van der Waals surface area contributed by atoms with Crippen LogP contribution < -0.4 is 16.3 Å². The minimum Gasteiger partial charge on any atom is -0.404 e. The number of hydrogen-bond donors (Lipinski definition) is 2. The monoisotopic (exact) mass is 360 g/mol. The smallest absolute Gasteiger partial charge is 0.345 e. The van der Waals surface area contributed by atoms with Gasteiger partial charge in [-0.1, -0.05) is 35.9 Å². The molecule has 0 bridgehead atoms. The van der Waals surface area contributed by atoms with E-state index in [2.05, 4.69) is 10.6 Å². The van der Waals surface area contributed by atoms with Gasteiger partial charge in [0.15, 0.2) is 0 Å². The van der Waals surface area contributed by atoms with Crippen LogP contribution in [0.2, 0.25) is 0 Å². The van der Waals surface area contributed by atoms with Crippen molar-refractivity contribution in [3.63, 3.8) is 0 Å². The molecule has 2 N–H and O–H groups in total. The average molecular weight is 360 g/mol. The average Bonchev–Trinajstić information content (AvgIpc) is 2.68. The van der Waals surface area contributed by atoms with E-state index in [4.69, 9.17) is 4.42 Å². The summed E-state index contributed by atoms with van der Waals surface area (Å²) in [6, 6.07) is 21.0. The van der Waals surface area contributed by atoms with Crippen LogP contribution in [0.25, 0.3) is 10.8 Å². The maximum absolute atomic E-state index is 13.2. The zero-order chi connectivity index (χ0) is 18.8. The van der Waals surface area contributed by atoms with E-state index in [9.17, 15) is 9.18 Å². The molecule has 1 aromatic heterocycles. The minimum atomic E-state index is -0.426. The minimum absolute atomic E-state index is 0.298. The van der Waals surface area contributed by atoms with Crippen LogP contribution in [-0.4, -0.2) is 0 Å². The van der Waals surface area contributed by atoms with Gasteiger partial charge in [-0.3, -0.25) is 0 Å². The van der Waals surface area contributed by atoms with Crippen LogP contribution in [0.15, 0.2) is 82.0 Å². The molecule has 0 unspecified atom stereocenters. The Morgan fingerprint density at radius 3 is 2.07 bits per heavy atom. The molecule has 0 aliphatic heterocycles. The molecule has 0 fully saturated rings. The molecule has 5 heteroatoms. The van der Waals surface area contributed by atoms with Gasteiger partial charge in [0.2, 0.25) is 5.88 Å². The van der Waals surface area contributed by atoms with Crippen LogP contribution in [0.4, 0.5) is 27.3 Å². The first-order valence-corrected chi connectivity index (χ1v) is 8.52. The van der Waals surface area contributed by atoms with Crippen molar-refractivity contribution < 1.29 is 8.81 Å². The fraction of sp³-hybridized carbons (Fsp3) is 0.0455. The van der Waals surface area contributed by atoms with E-state index in [0.29, 0.717) is 28.0 Å². The second kappa shape index (κ2) is 6.96. The number of fused-ring (bicyclic) bond motifs is 1. The lowest BCUT2D eigenvalue weighted by atomic mass is 10.1. The Morgan fingerprint density at radius 2 is 1.37 bits per heavy atom. The van der Waals surface area contributed by atoms with Gasteiger partial charge in [-0.2, -0.15) is 0 Å². The van der Waals surface area contributed by atoms with Gasteiger partial charge in [0.1, 0.15) is 11.5 Å². The number of anilines is 4. The highest BCUT2D eigenvalue weighted by Crippen LogP contribution is 2.33. The Kier molecular flexibility index (Phi) is 4.34. The standard InChI is InChI=1S/C22H17FN2O2/c1-14-6-10-17(11-7-14)25-21-20(24-16-12-8-15(23)9-13-16)18-4-2-3-5-19(18)22(26)27-21/h2-13,24-25H,1H3. The summed E-state index contributed by atoms with van der Waals surface area (Å²) in [6.45, 7) is 2.00. The Bertz CT molecular complexity index is 1150. The first-order chi connectivity index (χ1) is 13.1. The predicted octanol–water partition coefficient (Wildman–Crippen LogP) is 5.73. The summed E-state index contributed by atoms with van der Waals surface area (Å²) in [4.78, 5) is 12.4. The molecule has 0 amide bonds. The molecule has 0 atom stereocenters. The van der Waals surface area contributed by atoms with Crippen LogP contribution >= 0.6 is 0 Å². The molecule has 0 saturated heterocycles. The van der Waals surface area contributed by atoms with Crippen molar-refractivity contribution in [2.24, 2.45) is 0 Å². The van der Waals surface area contributed by atoms with Crippen molar-refractivity contribution in [2.75, 3.05) is 10.6 Å². The summed E-state index contributed by atoms with van der Waals surface area (Å²) in [5, 5.41) is 7.59. The lowest BCUT2D eigenvalue weighted by Crippen LogP contribution is -2.07. The van der Waals surface area contributed by atoms with Gasteiger partial charge in [0.25, 0.3) is 0 Å². The highest BCUT2D eigenvalue weighted by Gasteiger charge is 2.14. The summed E-state index contributed by atoms with van der Waals surface area (Å²) in [7, 11) is 0. The van der Waals surface area contributed by atoms with E-state index in [1.807, 2.05) is 43.3 Å². The third-order valence-corrected chi connectivity index (χ3v) is 4.26. The number of aryl methyl sites for hydroxylation is 1. The quantitative estimate of drug-likeness (QED) is 0.488. The molecule has 1 heterocycles. The summed E-state index contributed by atoms with van der Waals surface area (Å²) in [6.07, 6.45) is 0. The van der Waals surface area contributed by atoms with Gasteiger partial charge >= 0.3 is 5.63 Å². The number of halogens is 1. The predicted molar refractivity (Wildman–Crippen MR) is 107 cm³/mol. The Morgan fingerprint density at radius 1 is 0.778 bits per heavy atom. The zero-order valence-corrected chi connectivity index (χ0v) is 14.6. The molecule has 0 aliphatic rings. The molecule has 3 aromatic carbocycles. The van der Waals surface area contributed by atoms with Crippen molar-refractivity contribution in [2.45, 2.75) is 6.92 Å². The van der Waals surface area contributed by atoms with E-state index >= 15 is 0 Å². The Balaban J connectivity index is 1.84. The van der Waals surface area contributed by atoms with Gasteiger partial charge in [-0.15, -0.1) is 0 Å². The van der Waals surface area contributed by atoms with Crippen LogP contribution in [0, 0.1) is 12.7 Å². The van der Waals surface area contributed by atoms with Crippen LogP contribution in [0.3, 0.4) is 0 Å². The first-order valence-electron chi connectivity index (χ1n) is 8.52. The van der Waals surface area contributed by atoms with Crippen LogP contribution in [0.5, 0.6) is 0 Å². The van der Waals surface area contributed by atoms with Gasteiger partial charge in [-0.25, -0.2) is 9.18 Å². The highest BCUT2D eigenvalue weighted by molar-refractivity contribution is 5.99. The molecule has 4 aromatic rings. The highest BCUT2D eigenvalue weighted by atomic mass is 19.1. The molecule has 0 aliphatic carbocycles. The van der Waals surface area contributed by atoms with Crippen LogP contribution in [0.1, 0.15) is 5.56 Å². The van der Waals surface area contributed by atoms with Gasteiger partial charge < -0.3 is 15.1 Å². The molecule has 0 saturated carbocycles. The maximum Gasteiger partial charge on any atom is 0.345 e. The summed E-state index contributed by atoms with van der Waals surface area (Å²) < 4.78 is 18.8. The normalized spacial score (nSPS) is 10.7. The Labute approximate surface area is 155 Å². The summed E-state index contributed by atoms with van der Waals surface area (Å²) >= 11 is 0. The fourth-order valence-corrected chi connectivity index (χ4v) is 2.86. The zero-order valence-electron chi connectivity index (χ0n) is 14.6. The van der Waals surface area contributed by atoms with Crippen LogP contribution in [-0.2, 0) is 0 Å². The number of nitrogens with one attached hydrogen (secondary N) is 2. The van der Waals surface area contributed by atoms with E-state index in [0.717, 1.165) is 11.3 Å². The van der Waals surface area contributed by atoms with Gasteiger partial charge in [0, 0.05) is 16.8 Å². The number of hydrogen-bond acceptors (Lipinski definition) is 4. The number of rotatable bonds is 4. The van der Waals surface area contributed by atoms with Gasteiger partial charge in [0.05, 0.1) is 5.39 Å². The molecule has 27 heavy (non-hydrogen) atoms. The van der Waals surface area contributed by atoms with Crippen molar-refractivity contribution in [1.82, 2.24) is 0 Å². The van der Waals surface area contributed by atoms with E-state index in [1.165, 1.54) is 12.1 Å². The SMILES string of the molecule is Cc1ccc(Nc2oc(=O)c3ccccc3c2Nc2ccc(F)cc2)cc1. The van der Waals surface area contributed by atoms with Crippen molar-refractivity contribution in [3.05, 3.63) is 94.6 Å². The second-order valence-corrected chi connectivity index (χ2v) is 6.26. The molecule has 4 nitrogen and oxygen atoms in total. The topological polar surface area (TPSA) is 54.3 Å². The largest absolute Gasteiger partial charge is 0.404 e. The fourth-order valence-electron chi connectivity index (χ4n) is 2.86. The lowest BCUT2D eigenvalue weighted by Gasteiger charge is -2.15.